The molecule has 53 heavy (non-hydrogen) atoms. The van der Waals surface area contributed by atoms with E-state index < -0.39 is 11.7 Å². The molecule has 4 fully saturated rings. The van der Waals surface area contributed by atoms with Gasteiger partial charge in [-0.2, -0.15) is 0 Å². The number of aryl methyl sites for hydroxylation is 1. The van der Waals surface area contributed by atoms with E-state index in [1.807, 2.05) is 20.8 Å². The van der Waals surface area contributed by atoms with E-state index >= 15 is 0 Å². The largest absolute Gasteiger partial charge is 0.494 e. The molecular weight excluding hydrogens is 661 g/mol. The summed E-state index contributed by atoms with van der Waals surface area (Å²) in [6, 6.07) is 6.82. The van der Waals surface area contributed by atoms with Crippen molar-refractivity contribution in [1.82, 2.24) is 0 Å². The first-order chi connectivity index (χ1) is 25.5. The van der Waals surface area contributed by atoms with Crippen LogP contribution in [-0.4, -0.2) is 43.3 Å². The van der Waals surface area contributed by atoms with Crippen LogP contribution in [-0.2, 0) is 30.2 Å². The smallest absolute Gasteiger partial charge is 0.336 e. The highest BCUT2D eigenvalue weighted by molar-refractivity contribution is 5.75. The van der Waals surface area contributed by atoms with Crippen molar-refractivity contribution in [3.63, 3.8) is 0 Å². The Morgan fingerprint density at radius 1 is 0.887 bits per heavy atom. The Morgan fingerprint density at radius 3 is 2.51 bits per heavy atom. The van der Waals surface area contributed by atoms with Gasteiger partial charge in [-0.05, 0) is 181 Å². The van der Waals surface area contributed by atoms with Crippen molar-refractivity contribution < 1.29 is 28.5 Å². The zero-order valence-corrected chi connectivity index (χ0v) is 33.3. The first-order valence-corrected chi connectivity index (χ1v) is 21.3. The predicted octanol–water partition coefficient (Wildman–Crippen LogP) is 10.1. The fourth-order valence-electron chi connectivity index (χ4n) is 13.4. The average molecular weight is 725 g/mol. The van der Waals surface area contributed by atoms with Crippen LogP contribution in [0.25, 0.3) is 0 Å². The molecule has 13 atom stereocenters. The van der Waals surface area contributed by atoms with Gasteiger partial charge in [0.05, 0.1) is 5.76 Å². The molecule has 7 aliphatic carbocycles. The number of terminal acetylenes is 1. The summed E-state index contributed by atoms with van der Waals surface area (Å²) in [4.78, 5) is 13.1. The summed E-state index contributed by atoms with van der Waals surface area (Å²) in [5.41, 5.74) is 3.74. The number of benzene rings is 1. The molecule has 8 rings (SSSR count). The van der Waals surface area contributed by atoms with Crippen LogP contribution in [0, 0.1) is 58.7 Å². The standard InChI is InChI=1S/C47H64O6/c1-8-47(53-44(48)29(4)49-9-2)26-23-42-40-16-12-32-28-34(14-18-36(32)38(40)22-25-46(42,47)7)52-43-20-19-41-39-15-11-31-27-33(51-30(5)50-10-3)13-17-35(31)37(39)21-24-45(41,43)6/h1,12-13,17,27-30,36-43H,9-11,14-16,18-26H2,2-7H3/t29?,30?,36-,37+,38+,39+,40+,41-,42-,43-,45-,46-,47-/m0/s1. The van der Waals surface area contributed by atoms with Crippen LogP contribution in [0.2, 0.25) is 0 Å². The third-order valence-electron chi connectivity index (χ3n) is 16.1. The van der Waals surface area contributed by atoms with Gasteiger partial charge in [-0.15, -0.1) is 6.42 Å². The van der Waals surface area contributed by atoms with E-state index in [9.17, 15) is 4.79 Å². The predicted molar refractivity (Wildman–Crippen MR) is 207 cm³/mol. The van der Waals surface area contributed by atoms with E-state index in [1.165, 1.54) is 55.4 Å². The number of allylic oxidation sites excluding steroid dienone is 4. The highest BCUT2D eigenvalue weighted by Crippen LogP contribution is 2.66. The number of ether oxygens (including phenoxy) is 5. The molecule has 0 N–H and O–H groups in total. The Balaban J connectivity index is 0.928. The molecule has 288 valence electrons. The van der Waals surface area contributed by atoms with Crippen LogP contribution < -0.4 is 4.74 Å². The van der Waals surface area contributed by atoms with Gasteiger partial charge in [0.1, 0.15) is 11.9 Å². The number of fused-ring (bicyclic) bond motifs is 10. The van der Waals surface area contributed by atoms with E-state index in [-0.39, 0.29) is 23.1 Å². The summed E-state index contributed by atoms with van der Waals surface area (Å²) in [5.74, 6) is 9.28. The van der Waals surface area contributed by atoms with Crippen LogP contribution >= 0.6 is 0 Å². The summed E-state index contributed by atoms with van der Waals surface area (Å²) in [5, 5.41) is 0. The van der Waals surface area contributed by atoms with Gasteiger partial charge in [0.15, 0.2) is 18.0 Å². The lowest BCUT2D eigenvalue weighted by Crippen LogP contribution is -2.54. The summed E-state index contributed by atoms with van der Waals surface area (Å²) in [6.45, 7) is 13.7. The van der Waals surface area contributed by atoms with Crippen LogP contribution in [0.5, 0.6) is 5.75 Å². The van der Waals surface area contributed by atoms with Crippen molar-refractivity contribution in [3.05, 3.63) is 52.8 Å². The first kappa shape index (κ1) is 37.2. The van der Waals surface area contributed by atoms with Gasteiger partial charge >= 0.3 is 5.97 Å². The van der Waals surface area contributed by atoms with Crippen molar-refractivity contribution in [3.8, 4) is 18.1 Å². The highest BCUT2D eigenvalue weighted by atomic mass is 16.7. The van der Waals surface area contributed by atoms with Crippen LogP contribution in [0.4, 0.5) is 0 Å². The molecule has 0 spiro atoms. The quantitative estimate of drug-likeness (QED) is 0.136. The second kappa shape index (κ2) is 14.4. The molecule has 7 aliphatic rings. The summed E-state index contributed by atoms with van der Waals surface area (Å²) < 4.78 is 30.7. The van der Waals surface area contributed by atoms with Crippen molar-refractivity contribution in [2.24, 2.45) is 46.3 Å². The Bertz CT molecular complexity index is 1650. The molecule has 0 saturated heterocycles. The molecule has 6 heteroatoms. The number of hydrogen-bond donors (Lipinski definition) is 0. The molecule has 0 amide bonds. The summed E-state index contributed by atoms with van der Waals surface area (Å²) in [7, 11) is 0. The van der Waals surface area contributed by atoms with E-state index in [0.717, 1.165) is 62.5 Å². The second-order valence-corrected chi connectivity index (χ2v) is 18.3. The average Bonchev–Trinajstić information content (AvgIpc) is 3.64. The molecule has 0 aromatic heterocycles. The van der Waals surface area contributed by atoms with Gasteiger partial charge < -0.3 is 23.7 Å². The Kier molecular flexibility index (Phi) is 10.1. The van der Waals surface area contributed by atoms with Crippen molar-refractivity contribution in [2.45, 2.75) is 155 Å². The van der Waals surface area contributed by atoms with Crippen molar-refractivity contribution in [1.29, 1.82) is 0 Å². The molecule has 1 aromatic rings. The lowest BCUT2D eigenvalue weighted by atomic mass is 9.51. The molecule has 0 bridgehead atoms. The van der Waals surface area contributed by atoms with Gasteiger partial charge in [0.2, 0.25) is 0 Å². The van der Waals surface area contributed by atoms with Crippen molar-refractivity contribution in [2.75, 3.05) is 13.2 Å². The highest BCUT2D eigenvalue weighted by Gasteiger charge is 2.64. The van der Waals surface area contributed by atoms with Gasteiger partial charge in [-0.3, -0.25) is 0 Å². The Hall–Kier alpha value is -2.75. The van der Waals surface area contributed by atoms with Crippen molar-refractivity contribution >= 4 is 5.97 Å². The van der Waals surface area contributed by atoms with Crippen LogP contribution in [0.3, 0.4) is 0 Å². The fourth-order valence-corrected chi connectivity index (χ4v) is 13.4. The van der Waals surface area contributed by atoms with E-state index in [2.05, 4.69) is 50.1 Å². The molecule has 2 unspecified atom stereocenters. The second-order valence-electron chi connectivity index (χ2n) is 18.3. The van der Waals surface area contributed by atoms with E-state index in [0.29, 0.717) is 48.9 Å². The van der Waals surface area contributed by atoms with Crippen LogP contribution in [0.15, 0.2) is 41.7 Å². The molecule has 6 nitrogen and oxygen atoms in total. The zero-order chi connectivity index (χ0) is 37.1. The lowest BCUT2D eigenvalue weighted by molar-refractivity contribution is -0.181. The van der Waals surface area contributed by atoms with Crippen LogP contribution in [0.1, 0.15) is 136 Å². The Morgan fingerprint density at radius 2 is 1.72 bits per heavy atom. The fraction of sp³-hybridized carbons (Fsp3) is 0.723. The van der Waals surface area contributed by atoms with Gasteiger partial charge in [0, 0.05) is 30.5 Å². The number of carbonyl (C=O) groups is 1. The number of esters is 1. The SMILES string of the molecule is C#C[C@]1(OC(=O)C(C)OCC)CC[C@H]2[C@@H]3CC=C4C=C(O[C@H]5CC[C@H]6[C@@H]7CCc8cc(OC(C)OCC)ccc8[C@H]7CC[C@]56C)CC[C@@H]4[C@H]3CC[C@@]21C. The molecule has 4 saturated carbocycles. The number of carbonyl (C=O) groups excluding carboxylic acids is 1. The van der Waals surface area contributed by atoms with Gasteiger partial charge in [0.25, 0.3) is 0 Å². The zero-order valence-electron chi connectivity index (χ0n) is 33.3. The topological polar surface area (TPSA) is 63.2 Å². The lowest BCUT2D eigenvalue weighted by Gasteiger charge is -2.54. The minimum atomic E-state index is -0.848. The molecule has 0 radical (unpaired) electrons. The molecule has 1 aromatic carbocycles. The first-order valence-electron chi connectivity index (χ1n) is 21.3. The van der Waals surface area contributed by atoms with E-state index in [1.54, 1.807) is 12.5 Å². The van der Waals surface area contributed by atoms with E-state index in [4.69, 9.17) is 30.1 Å². The summed E-state index contributed by atoms with van der Waals surface area (Å²) in [6.07, 6.45) is 25.3. The number of hydrogen-bond acceptors (Lipinski definition) is 6. The normalized spacial score (nSPS) is 40.7. The maximum atomic E-state index is 13.1. The Labute approximate surface area is 319 Å². The summed E-state index contributed by atoms with van der Waals surface area (Å²) >= 11 is 0. The molecular formula is C47H64O6. The molecule has 0 aliphatic heterocycles. The van der Waals surface area contributed by atoms with Gasteiger partial charge in [-0.1, -0.05) is 31.9 Å². The third kappa shape index (κ3) is 6.19. The maximum Gasteiger partial charge on any atom is 0.336 e. The third-order valence-corrected chi connectivity index (χ3v) is 16.1. The monoisotopic (exact) mass is 724 g/mol. The van der Waals surface area contributed by atoms with Gasteiger partial charge in [-0.25, -0.2) is 4.79 Å². The minimum absolute atomic E-state index is 0.206. The number of rotatable bonds is 10. The molecule has 0 heterocycles. The minimum Gasteiger partial charge on any atom is -0.494 e. The maximum absolute atomic E-state index is 13.1.